The fourth-order valence-corrected chi connectivity index (χ4v) is 4.11. The van der Waals surface area contributed by atoms with E-state index in [-0.39, 0.29) is 5.91 Å². The molecule has 0 unspecified atom stereocenters. The van der Waals surface area contributed by atoms with Crippen LogP contribution in [-0.2, 0) is 4.79 Å². The summed E-state index contributed by atoms with van der Waals surface area (Å²) in [7, 11) is 0. The predicted molar refractivity (Wildman–Crippen MR) is 119 cm³/mol. The standard InChI is InChI=1S/C21H20ClNO3S2/c1-2-23-20(24)19(28-21(23)27)14-15-6-3-4-7-18(15)26-13-5-12-25-17-10-8-16(22)9-11-17/h3-4,6-11,14H,2,5,12-13H2,1H3/b19-14-. The molecule has 7 heteroatoms. The number of carbonyl (C=O) groups is 1. The highest BCUT2D eigenvalue weighted by molar-refractivity contribution is 8.26. The zero-order valence-corrected chi connectivity index (χ0v) is 17.8. The first-order chi connectivity index (χ1) is 13.6. The Morgan fingerprint density at radius 3 is 2.54 bits per heavy atom. The molecule has 1 fully saturated rings. The number of ether oxygens (including phenoxy) is 2. The number of thiocarbonyl (C=S) groups is 1. The zero-order chi connectivity index (χ0) is 19.9. The maximum absolute atomic E-state index is 12.4. The van der Waals surface area contributed by atoms with Gasteiger partial charge in [0.2, 0.25) is 0 Å². The highest BCUT2D eigenvalue weighted by Crippen LogP contribution is 2.34. The van der Waals surface area contributed by atoms with Gasteiger partial charge in [0.25, 0.3) is 5.91 Å². The Kier molecular flexibility index (Phi) is 7.36. The van der Waals surface area contributed by atoms with Gasteiger partial charge in [-0.2, -0.15) is 0 Å². The van der Waals surface area contributed by atoms with Crippen LogP contribution in [0.5, 0.6) is 11.5 Å². The van der Waals surface area contributed by atoms with Crippen LogP contribution in [0.4, 0.5) is 0 Å². The van der Waals surface area contributed by atoms with Crippen LogP contribution in [0.2, 0.25) is 5.02 Å². The van der Waals surface area contributed by atoms with Crippen LogP contribution < -0.4 is 9.47 Å². The van der Waals surface area contributed by atoms with Crippen molar-refractivity contribution < 1.29 is 14.3 Å². The summed E-state index contributed by atoms with van der Waals surface area (Å²) in [5.74, 6) is 1.46. The Labute approximate surface area is 179 Å². The van der Waals surface area contributed by atoms with Gasteiger partial charge < -0.3 is 9.47 Å². The number of hydrogen-bond acceptors (Lipinski definition) is 5. The maximum atomic E-state index is 12.4. The molecule has 0 saturated carbocycles. The highest BCUT2D eigenvalue weighted by Gasteiger charge is 2.30. The molecular formula is C21H20ClNO3S2. The third-order valence-corrected chi connectivity index (χ3v) is 5.65. The Morgan fingerprint density at radius 1 is 1.11 bits per heavy atom. The molecule has 0 radical (unpaired) electrons. The molecule has 0 aliphatic carbocycles. The first-order valence-corrected chi connectivity index (χ1v) is 10.5. The first-order valence-electron chi connectivity index (χ1n) is 8.94. The first kappa shape index (κ1) is 20.7. The van der Waals surface area contributed by atoms with Crippen LogP contribution in [0.25, 0.3) is 6.08 Å². The lowest BCUT2D eigenvalue weighted by atomic mass is 10.2. The van der Waals surface area contributed by atoms with Crippen molar-refractivity contribution in [1.29, 1.82) is 0 Å². The molecule has 0 atom stereocenters. The summed E-state index contributed by atoms with van der Waals surface area (Å²) in [4.78, 5) is 14.6. The zero-order valence-electron chi connectivity index (χ0n) is 15.4. The van der Waals surface area contributed by atoms with E-state index in [4.69, 9.17) is 33.3 Å². The van der Waals surface area contributed by atoms with Crippen molar-refractivity contribution in [1.82, 2.24) is 4.90 Å². The van der Waals surface area contributed by atoms with E-state index in [1.165, 1.54) is 11.8 Å². The molecule has 0 N–H and O–H groups in total. The second-order valence-electron chi connectivity index (χ2n) is 5.97. The molecule has 28 heavy (non-hydrogen) atoms. The molecule has 0 bridgehead atoms. The fourth-order valence-electron chi connectivity index (χ4n) is 2.61. The summed E-state index contributed by atoms with van der Waals surface area (Å²) in [6.07, 6.45) is 2.57. The van der Waals surface area contributed by atoms with Crippen molar-refractivity contribution in [2.24, 2.45) is 0 Å². The third-order valence-electron chi connectivity index (χ3n) is 4.02. The molecule has 1 aliphatic heterocycles. The van der Waals surface area contributed by atoms with E-state index >= 15 is 0 Å². The molecule has 1 aliphatic rings. The van der Waals surface area contributed by atoms with Gasteiger partial charge in [0.15, 0.2) is 0 Å². The van der Waals surface area contributed by atoms with Crippen molar-refractivity contribution in [3.8, 4) is 11.5 Å². The van der Waals surface area contributed by atoms with Crippen LogP contribution in [0.3, 0.4) is 0 Å². The summed E-state index contributed by atoms with van der Waals surface area (Å²) in [5.41, 5.74) is 0.859. The smallest absolute Gasteiger partial charge is 0.266 e. The van der Waals surface area contributed by atoms with Gasteiger partial charge in [-0.1, -0.05) is 53.8 Å². The number of benzene rings is 2. The van der Waals surface area contributed by atoms with E-state index in [0.717, 1.165) is 23.5 Å². The Hall–Kier alpha value is -2.02. The number of carbonyl (C=O) groups excluding carboxylic acids is 1. The normalized spacial score (nSPS) is 15.4. The van der Waals surface area contributed by atoms with E-state index < -0.39 is 0 Å². The molecule has 0 spiro atoms. The van der Waals surface area contributed by atoms with Gasteiger partial charge in [0.1, 0.15) is 15.8 Å². The number of rotatable bonds is 8. The van der Waals surface area contributed by atoms with E-state index in [2.05, 4.69) is 0 Å². The predicted octanol–water partition coefficient (Wildman–Crippen LogP) is 5.41. The van der Waals surface area contributed by atoms with Gasteiger partial charge in [-0.25, -0.2) is 0 Å². The molecule has 1 amide bonds. The second-order valence-corrected chi connectivity index (χ2v) is 8.08. The second kappa shape index (κ2) is 9.96. The quantitative estimate of drug-likeness (QED) is 0.316. The van der Waals surface area contributed by atoms with Crippen LogP contribution in [0.15, 0.2) is 53.4 Å². The summed E-state index contributed by atoms with van der Waals surface area (Å²) in [5, 5.41) is 0.683. The molecule has 1 saturated heterocycles. The number of nitrogens with zero attached hydrogens (tertiary/aromatic N) is 1. The van der Waals surface area contributed by atoms with Gasteiger partial charge in [0, 0.05) is 23.6 Å². The van der Waals surface area contributed by atoms with Crippen molar-refractivity contribution in [2.75, 3.05) is 19.8 Å². The molecule has 3 rings (SSSR count). The minimum atomic E-state index is -0.0522. The molecule has 2 aromatic rings. The lowest BCUT2D eigenvalue weighted by molar-refractivity contribution is -0.121. The molecule has 1 heterocycles. The van der Waals surface area contributed by atoms with E-state index in [1.807, 2.05) is 49.4 Å². The maximum Gasteiger partial charge on any atom is 0.266 e. The van der Waals surface area contributed by atoms with Crippen LogP contribution >= 0.6 is 35.6 Å². The lowest BCUT2D eigenvalue weighted by Gasteiger charge is -2.11. The van der Waals surface area contributed by atoms with Gasteiger partial charge in [-0.05, 0) is 43.3 Å². The number of hydrogen-bond donors (Lipinski definition) is 0. The van der Waals surface area contributed by atoms with E-state index in [1.54, 1.807) is 17.0 Å². The summed E-state index contributed by atoms with van der Waals surface area (Å²) < 4.78 is 12.2. The molecular weight excluding hydrogens is 414 g/mol. The average molecular weight is 434 g/mol. The van der Waals surface area contributed by atoms with Crippen molar-refractivity contribution in [3.05, 3.63) is 64.0 Å². The van der Waals surface area contributed by atoms with Crippen LogP contribution in [-0.4, -0.2) is 34.9 Å². The summed E-state index contributed by atoms with van der Waals surface area (Å²) in [6.45, 7) is 3.54. The number of thioether (sulfide) groups is 1. The molecule has 146 valence electrons. The Balaban J connectivity index is 1.55. The SMILES string of the molecule is CCN1C(=O)/C(=C/c2ccccc2OCCCOc2ccc(Cl)cc2)SC1=S. The number of likely N-dealkylation sites (N-methyl/N-ethyl adjacent to an activating group) is 1. The van der Waals surface area contributed by atoms with Gasteiger partial charge in [-0.15, -0.1) is 0 Å². The Morgan fingerprint density at radius 2 is 1.82 bits per heavy atom. The largest absolute Gasteiger partial charge is 0.493 e. The van der Waals surface area contributed by atoms with Crippen molar-refractivity contribution >= 4 is 51.9 Å². The van der Waals surface area contributed by atoms with Crippen molar-refractivity contribution in [3.63, 3.8) is 0 Å². The third kappa shape index (κ3) is 5.28. The number of halogens is 1. The topological polar surface area (TPSA) is 38.8 Å². The summed E-state index contributed by atoms with van der Waals surface area (Å²) in [6, 6.07) is 14.9. The summed E-state index contributed by atoms with van der Waals surface area (Å²) >= 11 is 12.4. The number of amides is 1. The van der Waals surface area contributed by atoms with Crippen LogP contribution in [0, 0.1) is 0 Å². The van der Waals surface area contributed by atoms with E-state index in [0.29, 0.717) is 34.0 Å². The Bertz CT molecular complexity index is 883. The fraction of sp³-hybridized carbons (Fsp3) is 0.238. The van der Waals surface area contributed by atoms with Crippen molar-refractivity contribution in [2.45, 2.75) is 13.3 Å². The molecule has 2 aromatic carbocycles. The lowest BCUT2D eigenvalue weighted by Crippen LogP contribution is -2.27. The highest BCUT2D eigenvalue weighted by atomic mass is 35.5. The van der Waals surface area contributed by atoms with E-state index in [9.17, 15) is 4.79 Å². The monoisotopic (exact) mass is 433 g/mol. The number of para-hydroxylation sites is 1. The van der Waals surface area contributed by atoms with Gasteiger partial charge in [-0.3, -0.25) is 9.69 Å². The van der Waals surface area contributed by atoms with Gasteiger partial charge in [0.05, 0.1) is 18.1 Å². The minimum Gasteiger partial charge on any atom is -0.493 e. The molecule has 0 aromatic heterocycles. The average Bonchev–Trinajstić information content (AvgIpc) is 2.96. The van der Waals surface area contributed by atoms with Gasteiger partial charge >= 0.3 is 0 Å². The minimum absolute atomic E-state index is 0.0522. The molecule has 4 nitrogen and oxygen atoms in total. The van der Waals surface area contributed by atoms with Crippen LogP contribution in [0.1, 0.15) is 18.9 Å².